The van der Waals surface area contributed by atoms with Crippen LogP contribution in [0.4, 0.5) is 0 Å². The summed E-state index contributed by atoms with van der Waals surface area (Å²) in [7, 11) is 0. The maximum absolute atomic E-state index is 13.2. The topological polar surface area (TPSA) is 52.1 Å². The third-order valence-corrected chi connectivity index (χ3v) is 5.13. The van der Waals surface area contributed by atoms with E-state index in [1.165, 1.54) is 6.42 Å². The van der Waals surface area contributed by atoms with Crippen molar-refractivity contribution in [2.24, 2.45) is 0 Å². The molecule has 2 aromatic carbocycles. The van der Waals surface area contributed by atoms with Gasteiger partial charge in [-0.25, -0.2) is 4.73 Å². The predicted octanol–water partition coefficient (Wildman–Crippen LogP) is 4.74. The van der Waals surface area contributed by atoms with Gasteiger partial charge in [0.15, 0.2) is 5.69 Å². The Hall–Kier alpha value is -2.75. The zero-order valence-corrected chi connectivity index (χ0v) is 14.1. The van der Waals surface area contributed by atoms with E-state index in [9.17, 15) is 10.4 Å². The summed E-state index contributed by atoms with van der Waals surface area (Å²) in [5, 5.41) is 24.2. The molecule has 0 unspecified atom stereocenters. The zero-order chi connectivity index (χ0) is 17.2. The van der Waals surface area contributed by atoms with E-state index in [1.54, 1.807) is 0 Å². The molecule has 25 heavy (non-hydrogen) atoms. The van der Waals surface area contributed by atoms with Crippen molar-refractivity contribution in [1.82, 2.24) is 4.73 Å². The summed E-state index contributed by atoms with van der Waals surface area (Å²) in [6.45, 7) is 0. The molecule has 4 rings (SSSR count). The van der Waals surface area contributed by atoms with Crippen molar-refractivity contribution < 1.29 is 9.94 Å². The molecule has 1 fully saturated rings. The number of benzene rings is 2. The van der Waals surface area contributed by atoms with Crippen LogP contribution in [-0.4, -0.2) is 9.94 Å². The highest BCUT2D eigenvalue weighted by Gasteiger charge is 2.35. The van der Waals surface area contributed by atoms with Gasteiger partial charge in [0.05, 0.1) is 5.92 Å². The van der Waals surface area contributed by atoms with Crippen LogP contribution >= 0.6 is 0 Å². The Balaban J connectivity index is 1.95. The van der Waals surface area contributed by atoms with Gasteiger partial charge in [0.2, 0.25) is 5.69 Å². The van der Waals surface area contributed by atoms with Crippen molar-refractivity contribution in [3.8, 4) is 22.5 Å². The Labute approximate surface area is 147 Å². The average Bonchev–Trinajstić information content (AvgIpc) is 2.94. The quantitative estimate of drug-likeness (QED) is 0.427. The Kier molecular flexibility index (Phi) is 4.18. The third kappa shape index (κ3) is 2.78. The van der Waals surface area contributed by atoms with Gasteiger partial charge in [-0.15, -0.1) is 0 Å². The normalized spacial score (nSPS) is 15.4. The summed E-state index contributed by atoms with van der Waals surface area (Å²) in [5.74, 6) is 0.577. The number of imidazole rings is 1. The smallest absolute Gasteiger partial charge is 0.303 e. The summed E-state index contributed by atoms with van der Waals surface area (Å²) < 4.78 is 2.09. The third-order valence-electron chi connectivity index (χ3n) is 5.13. The molecule has 1 aliphatic rings. The molecule has 0 radical (unpaired) electrons. The van der Waals surface area contributed by atoms with Gasteiger partial charge in [-0.2, -0.15) is 0 Å². The molecule has 1 N–H and O–H groups in total. The highest BCUT2D eigenvalue weighted by atomic mass is 16.5. The highest BCUT2D eigenvalue weighted by Crippen LogP contribution is 2.37. The fraction of sp³-hybridized carbons (Fsp3) is 0.286. The molecule has 0 spiro atoms. The Morgan fingerprint density at radius 1 is 0.840 bits per heavy atom. The number of aromatic nitrogens is 2. The summed E-state index contributed by atoms with van der Waals surface area (Å²) in [4.78, 5) is 0. The summed E-state index contributed by atoms with van der Waals surface area (Å²) in [5.41, 5.74) is 2.76. The Bertz CT molecular complexity index is 788. The van der Waals surface area contributed by atoms with Gasteiger partial charge in [0, 0.05) is 11.1 Å². The van der Waals surface area contributed by atoms with Gasteiger partial charge in [0.1, 0.15) is 0 Å². The molecule has 4 heteroatoms. The predicted molar refractivity (Wildman–Crippen MR) is 97.3 cm³/mol. The first-order valence-electron chi connectivity index (χ1n) is 8.95. The fourth-order valence-corrected chi connectivity index (χ4v) is 3.92. The summed E-state index contributed by atoms with van der Waals surface area (Å²) in [6.07, 6.45) is 5.33. The number of rotatable bonds is 3. The summed E-state index contributed by atoms with van der Waals surface area (Å²) >= 11 is 0. The second-order valence-corrected chi connectivity index (χ2v) is 6.73. The first kappa shape index (κ1) is 15.8. The van der Waals surface area contributed by atoms with E-state index >= 15 is 0 Å². The molecule has 0 aliphatic heterocycles. The van der Waals surface area contributed by atoms with Crippen molar-refractivity contribution >= 4 is 0 Å². The van der Waals surface area contributed by atoms with Crippen molar-refractivity contribution in [3.05, 3.63) is 71.7 Å². The van der Waals surface area contributed by atoms with E-state index in [0.29, 0.717) is 17.2 Å². The van der Waals surface area contributed by atoms with Crippen LogP contribution in [0.5, 0.6) is 0 Å². The van der Waals surface area contributed by atoms with Gasteiger partial charge in [-0.05, 0) is 17.6 Å². The molecule has 128 valence electrons. The Morgan fingerprint density at radius 2 is 1.40 bits per heavy atom. The highest BCUT2D eigenvalue weighted by molar-refractivity contribution is 5.76. The van der Waals surface area contributed by atoms with E-state index in [0.717, 1.165) is 46.3 Å². The first-order valence-corrected chi connectivity index (χ1v) is 8.95. The maximum Gasteiger partial charge on any atom is 0.303 e. The lowest BCUT2D eigenvalue weighted by atomic mass is 9.89. The molecule has 0 saturated heterocycles. The van der Waals surface area contributed by atoms with Gasteiger partial charge in [0.25, 0.3) is 0 Å². The van der Waals surface area contributed by atoms with Crippen LogP contribution < -0.4 is 4.73 Å². The maximum atomic E-state index is 13.2. The van der Waals surface area contributed by atoms with Gasteiger partial charge < -0.3 is 10.4 Å². The molecule has 1 aromatic heterocycles. The van der Waals surface area contributed by atoms with Crippen LogP contribution in [0.2, 0.25) is 0 Å². The van der Waals surface area contributed by atoms with Crippen LogP contribution in [0.1, 0.15) is 43.8 Å². The standard InChI is InChI=1S/C21H22N2O2/c24-22-19(16-10-4-1-5-11-16)20(17-12-6-2-7-13-17)23(25)21(22)18-14-8-3-9-15-18/h1-2,4-7,10-13,18,24H,3,8-9,14-15H2. The molecule has 1 aliphatic carbocycles. The largest absolute Gasteiger partial charge is 0.710 e. The molecule has 0 atom stereocenters. The van der Waals surface area contributed by atoms with E-state index in [-0.39, 0.29) is 5.92 Å². The fourth-order valence-electron chi connectivity index (χ4n) is 3.92. The van der Waals surface area contributed by atoms with Gasteiger partial charge in [-0.1, -0.05) is 79.9 Å². The zero-order valence-electron chi connectivity index (χ0n) is 14.1. The van der Waals surface area contributed by atoms with Crippen LogP contribution in [0.15, 0.2) is 60.7 Å². The monoisotopic (exact) mass is 334 g/mol. The van der Waals surface area contributed by atoms with E-state index in [4.69, 9.17) is 0 Å². The molecule has 0 bridgehead atoms. The molecular weight excluding hydrogens is 312 g/mol. The lowest BCUT2D eigenvalue weighted by molar-refractivity contribution is -0.606. The number of nitrogens with zero attached hydrogens (tertiary/aromatic N) is 2. The minimum atomic E-state index is 0.108. The molecule has 1 saturated carbocycles. The Morgan fingerprint density at radius 3 is 2.00 bits per heavy atom. The van der Waals surface area contributed by atoms with E-state index in [1.807, 2.05) is 60.7 Å². The molecule has 3 aromatic rings. The van der Waals surface area contributed by atoms with Crippen LogP contribution in [0.3, 0.4) is 0 Å². The van der Waals surface area contributed by atoms with Crippen molar-refractivity contribution in [2.45, 2.75) is 38.0 Å². The average molecular weight is 334 g/mol. The van der Waals surface area contributed by atoms with Crippen molar-refractivity contribution in [2.75, 3.05) is 0 Å². The molecule has 0 amide bonds. The van der Waals surface area contributed by atoms with E-state index < -0.39 is 0 Å². The van der Waals surface area contributed by atoms with Crippen molar-refractivity contribution in [1.29, 1.82) is 0 Å². The number of hydrogen-bond donors (Lipinski definition) is 1. The van der Waals surface area contributed by atoms with Crippen LogP contribution in [0.25, 0.3) is 22.5 Å². The SMILES string of the molecule is [O-][n+]1c(-c2ccccc2)c(-c2ccccc2)n(O)c1C1CCCCC1. The van der Waals surface area contributed by atoms with Crippen LogP contribution in [-0.2, 0) is 0 Å². The molecular formula is C21H22N2O2. The molecule has 1 heterocycles. The van der Waals surface area contributed by atoms with Gasteiger partial charge >= 0.3 is 5.82 Å². The summed E-state index contributed by atoms with van der Waals surface area (Å²) in [6, 6.07) is 19.2. The van der Waals surface area contributed by atoms with E-state index in [2.05, 4.69) is 0 Å². The second kappa shape index (κ2) is 6.63. The first-order chi connectivity index (χ1) is 12.3. The van der Waals surface area contributed by atoms with Crippen molar-refractivity contribution in [3.63, 3.8) is 0 Å². The van der Waals surface area contributed by atoms with Gasteiger partial charge in [-0.3, -0.25) is 0 Å². The minimum Gasteiger partial charge on any atom is -0.710 e. The van der Waals surface area contributed by atoms with Crippen LogP contribution in [0, 0.1) is 5.21 Å². The number of hydrogen-bond acceptors (Lipinski definition) is 2. The molecule has 4 nitrogen and oxygen atoms in total. The second-order valence-electron chi connectivity index (χ2n) is 6.73. The lowest BCUT2D eigenvalue weighted by Crippen LogP contribution is -2.35. The lowest BCUT2D eigenvalue weighted by Gasteiger charge is -2.19. The minimum absolute atomic E-state index is 0.108.